The van der Waals surface area contributed by atoms with Gasteiger partial charge >= 0.3 is 6.03 Å². The number of carbonyl (C=O) groups is 1. The zero-order valence-electron chi connectivity index (χ0n) is 12.6. The van der Waals surface area contributed by atoms with Gasteiger partial charge in [-0.2, -0.15) is 0 Å². The first-order valence-electron chi connectivity index (χ1n) is 7.43. The molecule has 2 rings (SSSR count). The SMILES string of the molecule is CCN(CC)CCCNC(=O)Nc1ccc2nc[nH]c2c1. The van der Waals surface area contributed by atoms with Crippen LogP contribution in [0, 0.1) is 0 Å². The van der Waals surface area contributed by atoms with E-state index in [1.807, 2.05) is 18.2 Å². The molecule has 114 valence electrons. The summed E-state index contributed by atoms with van der Waals surface area (Å²) in [5, 5.41) is 5.70. The number of anilines is 1. The van der Waals surface area contributed by atoms with Crippen LogP contribution in [-0.4, -0.2) is 47.1 Å². The number of H-pyrrole nitrogens is 1. The second-order valence-electron chi connectivity index (χ2n) is 4.90. The molecular weight excluding hydrogens is 266 g/mol. The van der Waals surface area contributed by atoms with E-state index in [2.05, 4.69) is 39.3 Å². The van der Waals surface area contributed by atoms with E-state index < -0.39 is 0 Å². The Morgan fingerprint density at radius 3 is 2.90 bits per heavy atom. The molecule has 0 unspecified atom stereocenters. The molecule has 0 saturated carbocycles. The minimum absolute atomic E-state index is 0.173. The summed E-state index contributed by atoms with van der Waals surface area (Å²) in [5.74, 6) is 0. The van der Waals surface area contributed by atoms with Crippen molar-refractivity contribution >= 4 is 22.8 Å². The molecule has 1 aromatic heterocycles. The minimum atomic E-state index is -0.173. The Balaban J connectivity index is 1.74. The highest BCUT2D eigenvalue weighted by molar-refractivity contribution is 5.91. The molecular formula is C15H23N5O. The summed E-state index contributed by atoms with van der Waals surface area (Å²) in [4.78, 5) is 21.3. The number of benzene rings is 1. The molecule has 0 bridgehead atoms. The van der Waals surface area contributed by atoms with Crippen molar-refractivity contribution < 1.29 is 4.79 Å². The number of nitrogens with zero attached hydrogens (tertiary/aromatic N) is 2. The summed E-state index contributed by atoms with van der Waals surface area (Å²) in [6.45, 7) is 8.08. The first-order valence-corrected chi connectivity index (χ1v) is 7.43. The number of urea groups is 1. The molecule has 0 aliphatic rings. The molecule has 6 nitrogen and oxygen atoms in total. The summed E-state index contributed by atoms with van der Waals surface area (Å²) in [5.41, 5.74) is 2.56. The lowest BCUT2D eigenvalue weighted by Gasteiger charge is -2.17. The summed E-state index contributed by atoms with van der Waals surface area (Å²) >= 11 is 0. The van der Waals surface area contributed by atoms with Gasteiger partial charge in [0.25, 0.3) is 0 Å². The second kappa shape index (κ2) is 7.64. The molecule has 6 heteroatoms. The van der Waals surface area contributed by atoms with Gasteiger partial charge in [-0.15, -0.1) is 0 Å². The number of carbonyl (C=O) groups excluding carboxylic acids is 1. The average Bonchev–Trinajstić information content (AvgIpc) is 2.95. The van der Waals surface area contributed by atoms with Gasteiger partial charge in [0.05, 0.1) is 17.4 Å². The number of fused-ring (bicyclic) bond motifs is 1. The lowest BCUT2D eigenvalue weighted by Crippen LogP contribution is -2.32. The predicted molar refractivity (Wildman–Crippen MR) is 85.5 cm³/mol. The van der Waals surface area contributed by atoms with Gasteiger partial charge in [-0.1, -0.05) is 13.8 Å². The normalized spacial score (nSPS) is 11.0. The number of amides is 2. The molecule has 2 amide bonds. The number of hydrogen-bond acceptors (Lipinski definition) is 3. The van der Waals surface area contributed by atoms with Crippen LogP contribution in [0.5, 0.6) is 0 Å². The Kier molecular flexibility index (Phi) is 5.57. The molecule has 0 atom stereocenters. The number of nitrogens with one attached hydrogen (secondary N) is 3. The van der Waals surface area contributed by atoms with Crippen LogP contribution in [0.3, 0.4) is 0 Å². The highest BCUT2D eigenvalue weighted by Crippen LogP contribution is 2.15. The topological polar surface area (TPSA) is 73.1 Å². The molecule has 1 heterocycles. The van der Waals surface area contributed by atoms with Crippen LogP contribution < -0.4 is 10.6 Å². The maximum Gasteiger partial charge on any atom is 0.319 e. The number of aromatic amines is 1. The van der Waals surface area contributed by atoms with Gasteiger partial charge < -0.3 is 20.5 Å². The quantitative estimate of drug-likeness (QED) is 0.685. The Labute approximate surface area is 124 Å². The maximum atomic E-state index is 11.8. The van der Waals surface area contributed by atoms with E-state index in [9.17, 15) is 4.79 Å². The summed E-state index contributed by atoms with van der Waals surface area (Å²) in [7, 11) is 0. The highest BCUT2D eigenvalue weighted by atomic mass is 16.2. The molecule has 2 aromatic rings. The van der Waals surface area contributed by atoms with Crippen molar-refractivity contribution in [2.75, 3.05) is 31.5 Å². The molecule has 0 spiro atoms. The maximum absolute atomic E-state index is 11.8. The highest BCUT2D eigenvalue weighted by Gasteiger charge is 2.04. The van der Waals surface area contributed by atoms with Gasteiger partial charge in [0.2, 0.25) is 0 Å². The Morgan fingerprint density at radius 1 is 1.33 bits per heavy atom. The average molecular weight is 289 g/mol. The van der Waals surface area contributed by atoms with Gasteiger partial charge in [0.1, 0.15) is 0 Å². The third kappa shape index (κ3) is 4.46. The fraction of sp³-hybridized carbons (Fsp3) is 0.467. The molecule has 3 N–H and O–H groups in total. The van der Waals surface area contributed by atoms with Gasteiger partial charge in [-0.3, -0.25) is 0 Å². The summed E-state index contributed by atoms with van der Waals surface area (Å²) in [6.07, 6.45) is 2.59. The largest absolute Gasteiger partial charge is 0.345 e. The van der Waals surface area contributed by atoms with E-state index >= 15 is 0 Å². The van der Waals surface area contributed by atoms with Crippen molar-refractivity contribution in [3.05, 3.63) is 24.5 Å². The first-order chi connectivity index (χ1) is 10.2. The van der Waals surface area contributed by atoms with Gasteiger partial charge in [-0.05, 0) is 44.3 Å². The molecule has 0 fully saturated rings. The van der Waals surface area contributed by atoms with Crippen LogP contribution in [0.4, 0.5) is 10.5 Å². The zero-order chi connectivity index (χ0) is 15.1. The zero-order valence-corrected chi connectivity index (χ0v) is 12.6. The smallest absolute Gasteiger partial charge is 0.319 e. The van der Waals surface area contributed by atoms with E-state index in [4.69, 9.17) is 0 Å². The summed E-state index contributed by atoms with van der Waals surface area (Å²) in [6, 6.07) is 5.42. The van der Waals surface area contributed by atoms with Crippen molar-refractivity contribution in [1.82, 2.24) is 20.2 Å². The number of imidazole rings is 1. The summed E-state index contributed by atoms with van der Waals surface area (Å²) < 4.78 is 0. The van der Waals surface area contributed by atoms with E-state index in [0.717, 1.165) is 42.8 Å². The third-order valence-corrected chi connectivity index (χ3v) is 3.51. The second-order valence-corrected chi connectivity index (χ2v) is 4.90. The van der Waals surface area contributed by atoms with Crippen molar-refractivity contribution in [2.45, 2.75) is 20.3 Å². The minimum Gasteiger partial charge on any atom is -0.345 e. The lowest BCUT2D eigenvalue weighted by molar-refractivity contribution is 0.250. The van der Waals surface area contributed by atoms with Crippen LogP contribution in [0.2, 0.25) is 0 Å². The van der Waals surface area contributed by atoms with E-state index in [1.54, 1.807) is 6.33 Å². The van der Waals surface area contributed by atoms with Crippen LogP contribution in [-0.2, 0) is 0 Å². The predicted octanol–water partition coefficient (Wildman–Crippen LogP) is 2.42. The van der Waals surface area contributed by atoms with Gasteiger partial charge in [-0.25, -0.2) is 9.78 Å². The number of rotatable bonds is 7. The molecule has 21 heavy (non-hydrogen) atoms. The standard InChI is InChI=1S/C15H23N5O/c1-3-20(4-2)9-5-8-16-15(21)19-12-6-7-13-14(10-12)18-11-17-13/h6-7,10-11H,3-5,8-9H2,1-2H3,(H,17,18)(H2,16,19,21). The molecule has 0 aliphatic heterocycles. The molecule has 1 aromatic carbocycles. The molecule has 0 saturated heterocycles. The van der Waals surface area contributed by atoms with Gasteiger partial charge in [0.15, 0.2) is 0 Å². The van der Waals surface area contributed by atoms with Gasteiger partial charge in [0, 0.05) is 12.2 Å². The third-order valence-electron chi connectivity index (χ3n) is 3.51. The molecule has 0 aliphatic carbocycles. The van der Waals surface area contributed by atoms with Crippen molar-refractivity contribution in [1.29, 1.82) is 0 Å². The fourth-order valence-corrected chi connectivity index (χ4v) is 2.23. The van der Waals surface area contributed by atoms with Crippen LogP contribution in [0.1, 0.15) is 20.3 Å². The van der Waals surface area contributed by atoms with E-state index in [0.29, 0.717) is 6.54 Å². The van der Waals surface area contributed by atoms with E-state index in [-0.39, 0.29) is 6.03 Å². The number of aromatic nitrogens is 2. The number of hydrogen-bond donors (Lipinski definition) is 3. The Hall–Kier alpha value is -2.08. The molecule has 0 radical (unpaired) electrons. The first kappa shape index (κ1) is 15.3. The van der Waals surface area contributed by atoms with Crippen LogP contribution >= 0.6 is 0 Å². The van der Waals surface area contributed by atoms with Crippen molar-refractivity contribution in [2.24, 2.45) is 0 Å². The van der Waals surface area contributed by atoms with Crippen molar-refractivity contribution in [3.63, 3.8) is 0 Å². The lowest BCUT2D eigenvalue weighted by atomic mass is 10.3. The Bertz CT molecular complexity index is 576. The van der Waals surface area contributed by atoms with Crippen LogP contribution in [0.15, 0.2) is 24.5 Å². The van der Waals surface area contributed by atoms with Crippen molar-refractivity contribution in [3.8, 4) is 0 Å². The van der Waals surface area contributed by atoms with Crippen LogP contribution in [0.25, 0.3) is 11.0 Å². The van der Waals surface area contributed by atoms with E-state index in [1.165, 1.54) is 0 Å². The fourth-order valence-electron chi connectivity index (χ4n) is 2.23. The monoisotopic (exact) mass is 289 g/mol. The Morgan fingerprint density at radius 2 is 2.14 bits per heavy atom.